The maximum absolute atomic E-state index is 12.0. The second-order valence-electron chi connectivity index (χ2n) is 5.91. The Morgan fingerprint density at radius 2 is 2.00 bits per heavy atom. The van der Waals surface area contributed by atoms with Gasteiger partial charge in [-0.1, -0.05) is 13.8 Å². The summed E-state index contributed by atoms with van der Waals surface area (Å²) in [6, 6.07) is 6.94. The van der Waals surface area contributed by atoms with Crippen molar-refractivity contribution in [2.75, 3.05) is 6.54 Å². The number of aliphatic hydroxyl groups excluding tert-OH is 1. The van der Waals surface area contributed by atoms with Crippen molar-refractivity contribution in [1.29, 1.82) is 0 Å². The maximum atomic E-state index is 12.0. The molecule has 1 aliphatic rings. The van der Waals surface area contributed by atoms with Crippen molar-refractivity contribution in [1.82, 2.24) is 5.32 Å². The number of hydrogen-bond acceptors (Lipinski definition) is 3. The van der Waals surface area contributed by atoms with E-state index in [1.807, 2.05) is 13.8 Å². The normalized spacial score (nSPS) is 23.2. The molecule has 1 amide bonds. The third-order valence-corrected chi connectivity index (χ3v) is 5.43. The molecule has 1 fully saturated rings. The highest BCUT2D eigenvalue weighted by atomic mass is 32.2. The minimum atomic E-state index is -1.03. The van der Waals surface area contributed by atoms with Gasteiger partial charge in [-0.05, 0) is 49.4 Å². The molecule has 0 aliphatic heterocycles. The third kappa shape index (κ3) is 4.38. The van der Waals surface area contributed by atoms with Crippen LogP contribution in [0.2, 0.25) is 0 Å². The van der Waals surface area contributed by atoms with Gasteiger partial charge in [-0.15, -0.1) is 0 Å². The number of rotatable bonds is 5. The average molecular weight is 309 g/mol. The maximum Gasteiger partial charge on any atom is 0.251 e. The van der Waals surface area contributed by atoms with Crippen LogP contribution >= 0.6 is 0 Å². The van der Waals surface area contributed by atoms with Gasteiger partial charge in [-0.25, -0.2) is 0 Å². The Labute approximate surface area is 128 Å². The van der Waals surface area contributed by atoms with Crippen LogP contribution in [0.3, 0.4) is 0 Å². The van der Waals surface area contributed by atoms with E-state index in [4.69, 9.17) is 0 Å². The molecule has 116 valence electrons. The molecule has 0 heterocycles. The summed E-state index contributed by atoms with van der Waals surface area (Å²) in [6.45, 7) is 4.43. The summed E-state index contributed by atoms with van der Waals surface area (Å²) < 4.78 is 11.9. The average Bonchev–Trinajstić information content (AvgIpc) is 2.89. The van der Waals surface area contributed by atoms with Gasteiger partial charge >= 0.3 is 0 Å². The molecular formula is C16H23NO3S. The van der Waals surface area contributed by atoms with E-state index in [0.717, 1.165) is 24.2 Å². The molecule has 1 saturated carbocycles. The van der Waals surface area contributed by atoms with Crippen LogP contribution in [0.25, 0.3) is 0 Å². The first-order valence-corrected chi connectivity index (χ1v) is 8.65. The van der Waals surface area contributed by atoms with Gasteiger partial charge in [0.05, 0.1) is 16.9 Å². The van der Waals surface area contributed by atoms with Crippen LogP contribution in [-0.4, -0.2) is 33.1 Å². The van der Waals surface area contributed by atoms with Crippen LogP contribution in [0.4, 0.5) is 0 Å². The van der Waals surface area contributed by atoms with Gasteiger partial charge in [0, 0.05) is 22.3 Å². The van der Waals surface area contributed by atoms with Gasteiger partial charge in [0.15, 0.2) is 0 Å². The van der Waals surface area contributed by atoms with E-state index in [0.29, 0.717) is 18.0 Å². The number of amides is 1. The van der Waals surface area contributed by atoms with E-state index in [1.165, 1.54) is 0 Å². The minimum Gasteiger partial charge on any atom is -0.393 e. The molecule has 1 aromatic rings. The van der Waals surface area contributed by atoms with Crippen molar-refractivity contribution in [2.24, 2.45) is 5.92 Å². The number of aliphatic hydroxyl groups is 1. The van der Waals surface area contributed by atoms with E-state index in [1.54, 1.807) is 24.3 Å². The van der Waals surface area contributed by atoms with Crippen molar-refractivity contribution in [3.8, 4) is 0 Å². The molecule has 0 aromatic heterocycles. The molecule has 1 aromatic carbocycles. The first-order valence-electron chi connectivity index (χ1n) is 7.44. The van der Waals surface area contributed by atoms with E-state index >= 15 is 0 Å². The largest absolute Gasteiger partial charge is 0.393 e. The van der Waals surface area contributed by atoms with Crippen LogP contribution in [0.1, 0.15) is 43.5 Å². The van der Waals surface area contributed by atoms with Crippen LogP contribution in [-0.2, 0) is 10.8 Å². The Hall–Kier alpha value is -1.20. The topological polar surface area (TPSA) is 66.4 Å². The zero-order valence-electron chi connectivity index (χ0n) is 12.5. The smallest absolute Gasteiger partial charge is 0.251 e. The molecule has 2 rings (SSSR count). The highest BCUT2D eigenvalue weighted by molar-refractivity contribution is 7.85. The first kappa shape index (κ1) is 16.2. The summed E-state index contributed by atoms with van der Waals surface area (Å²) in [5.74, 6) is 0.259. The SMILES string of the molecule is CC(C)[S@](=O)c1ccc(C(=O)NC[C@@H]2CC[C@H](O)C2)cc1. The van der Waals surface area contributed by atoms with Gasteiger partial charge in [0.1, 0.15) is 0 Å². The molecule has 0 spiro atoms. The fourth-order valence-electron chi connectivity index (χ4n) is 2.59. The second-order valence-corrected chi connectivity index (χ2v) is 7.92. The number of hydrogen-bond donors (Lipinski definition) is 2. The lowest BCUT2D eigenvalue weighted by Gasteiger charge is -2.11. The van der Waals surface area contributed by atoms with Gasteiger partial charge < -0.3 is 10.4 Å². The number of nitrogens with one attached hydrogen (secondary N) is 1. The highest BCUT2D eigenvalue weighted by Crippen LogP contribution is 2.24. The zero-order valence-corrected chi connectivity index (χ0v) is 13.4. The zero-order chi connectivity index (χ0) is 15.4. The van der Waals surface area contributed by atoms with Crippen LogP contribution in [0.15, 0.2) is 29.2 Å². The summed E-state index contributed by atoms with van der Waals surface area (Å²) in [5.41, 5.74) is 0.582. The lowest BCUT2D eigenvalue weighted by atomic mass is 10.1. The van der Waals surface area contributed by atoms with Gasteiger partial charge in [0.25, 0.3) is 5.91 Å². The second kappa shape index (κ2) is 7.18. The van der Waals surface area contributed by atoms with Crippen LogP contribution < -0.4 is 5.32 Å². The Kier molecular flexibility index (Phi) is 5.53. The third-order valence-electron chi connectivity index (χ3n) is 3.84. The molecule has 21 heavy (non-hydrogen) atoms. The van der Waals surface area contributed by atoms with Crippen LogP contribution in [0, 0.1) is 5.92 Å². The summed E-state index contributed by atoms with van der Waals surface area (Å²) >= 11 is 0. The minimum absolute atomic E-state index is 0.0680. The Bertz CT molecular complexity index is 513. The van der Waals surface area contributed by atoms with E-state index in [-0.39, 0.29) is 17.3 Å². The van der Waals surface area contributed by atoms with Crippen molar-refractivity contribution >= 4 is 16.7 Å². The first-order chi connectivity index (χ1) is 9.97. The van der Waals surface area contributed by atoms with Crippen molar-refractivity contribution in [2.45, 2.75) is 49.4 Å². The molecule has 5 heteroatoms. The van der Waals surface area contributed by atoms with Crippen LogP contribution in [0.5, 0.6) is 0 Å². The quantitative estimate of drug-likeness (QED) is 0.875. The van der Waals surface area contributed by atoms with E-state index in [9.17, 15) is 14.1 Å². The predicted molar refractivity (Wildman–Crippen MR) is 83.7 cm³/mol. The van der Waals surface area contributed by atoms with Gasteiger partial charge in [0.2, 0.25) is 0 Å². The van der Waals surface area contributed by atoms with E-state index in [2.05, 4.69) is 5.32 Å². The monoisotopic (exact) mass is 309 g/mol. The highest BCUT2D eigenvalue weighted by Gasteiger charge is 2.23. The molecule has 0 bridgehead atoms. The number of benzene rings is 1. The molecule has 1 aliphatic carbocycles. The van der Waals surface area contributed by atoms with Gasteiger partial charge in [-0.3, -0.25) is 9.00 Å². The molecule has 0 saturated heterocycles. The summed E-state index contributed by atoms with van der Waals surface area (Å²) in [6.07, 6.45) is 2.36. The number of carbonyl (C=O) groups is 1. The Balaban J connectivity index is 1.89. The molecule has 0 radical (unpaired) electrons. The summed E-state index contributed by atoms with van der Waals surface area (Å²) in [5, 5.41) is 12.4. The number of carbonyl (C=O) groups excluding carboxylic acids is 1. The van der Waals surface area contributed by atoms with Gasteiger partial charge in [-0.2, -0.15) is 0 Å². The lowest BCUT2D eigenvalue weighted by Crippen LogP contribution is -2.28. The molecule has 2 N–H and O–H groups in total. The standard InChI is InChI=1S/C16H23NO3S/c1-11(2)21(20)15-7-4-13(5-8-15)16(19)17-10-12-3-6-14(18)9-12/h4-5,7-8,11-12,14,18H,3,6,9-10H2,1-2H3,(H,17,19)/t12-,14+,21+/m1/s1. The Morgan fingerprint density at radius 3 is 2.52 bits per heavy atom. The van der Waals surface area contributed by atoms with Crippen molar-refractivity contribution < 1.29 is 14.1 Å². The summed E-state index contributed by atoms with van der Waals surface area (Å²) in [7, 11) is -1.03. The Morgan fingerprint density at radius 1 is 1.33 bits per heavy atom. The molecule has 4 nitrogen and oxygen atoms in total. The van der Waals surface area contributed by atoms with Crippen molar-refractivity contribution in [3.63, 3.8) is 0 Å². The van der Waals surface area contributed by atoms with E-state index < -0.39 is 10.8 Å². The fourth-order valence-corrected chi connectivity index (χ4v) is 3.53. The summed E-state index contributed by atoms with van der Waals surface area (Å²) in [4.78, 5) is 12.8. The molecule has 0 unspecified atom stereocenters. The molecular weight excluding hydrogens is 286 g/mol. The predicted octanol–water partition coefficient (Wildman–Crippen LogP) is 2.09. The lowest BCUT2D eigenvalue weighted by molar-refractivity contribution is 0.0945. The molecule has 3 atom stereocenters. The van der Waals surface area contributed by atoms with Crippen molar-refractivity contribution in [3.05, 3.63) is 29.8 Å². The fraction of sp³-hybridized carbons (Fsp3) is 0.562.